The molecule has 1 aromatic carbocycles. The van der Waals surface area contributed by atoms with E-state index in [0.717, 1.165) is 11.3 Å². The maximum Gasteiger partial charge on any atom is 0.242 e. The predicted octanol–water partition coefficient (Wildman–Crippen LogP) is -0.539. The molecular weight excluding hydrogens is 248 g/mol. The van der Waals surface area contributed by atoms with Gasteiger partial charge < -0.3 is 20.5 Å². The van der Waals surface area contributed by atoms with Crippen molar-refractivity contribution in [1.29, 1.82) is 0 Å². The molecule has 1 atom stereocenters. The number of methoxy groups -OCH3 is 1. The Labute approximate surface area is 111 Å². The Morgan fingerprint density at radius 3 is 2.63 bits per heavy atom. The smallest absolute Gasteiger partial charge is 0.242 e. The lowest BCUT2D eigenvalue weighted by atomic mass is 10.1. The lowest BCUT2D eigenvalue weighted by Gasteiger charge is -2.15. The van der Waals surface area contributed by atoms with Crippen LogP contribution in [0.3, 0.4) is 0 Å². The summed E-state index contributed by atoms with van der Waals surface area (Å²) in [5.74, 6) is 0.408. The number of ether oxygens (including phenoxy) is 1. The molecule has 0 saturated heterocycles. The number of carbonyl (C=O) groups is 2. The molecule has 0 spiro atoms. The van der Waals surface area contributed by atoms with Gasteiger partial charge in [-0.15, -0.1) is 0 Å². The number of hydrogen-bond donors (Lipinski definition) is 3. The number of aliphatic hydroxyl groups excluding tert-OH is 1. The highest BCUT2D eigenvalue weighted by atomic mass is 16.5. The van der Waals surface area contributed by atoms with Gasteiger partial charge in [-0.25, -0.2) is 0 Å². The van der Waals surface area contributed by atoms with E-state index in [4.69, 9.17) is 9.84 Å². The first-order valence-corrected chi connectivity index (χ1v) is 5.92. The lowest BCUT2D eigenvalue weighted by molar-refractivity contribution is -0.125. The van der Waals surface area contributed by atoms with E-state index in [2.05, 4.69) is 10.6 Å². The second kappa shape index (κ2) is 8.10. The summed E-state index contributed by atoms with van der Waals surface area (Å²) in [5.41, 5.74) is 0.902. The molecule has 0 bridgehead atoms. The molecule has 0 fully saturated rings. The van der Waals surface area contributed by atoms with Crippen LogP contribution >= 0.6 is 0 Å². The van der Waals surface area contributed by atoms with Gasteiger partial charge in [-0.1, -0.05) is 12.1 Å². The Morgan fingerprint density at radius 1 is 1.42 bits per heavy atom. The Balaban J connectivity index is 2.65. The molecule has 104 valence electrons. The van der Waals surface area contributed by atoms with Crippen LogP contribution in [0.25, 0.3) is 0 Å². The Hall–Kier alpha value is -2.08. The average Bonchev–Trinajstić information content (AvgIpc) is 2.45. The van der Waals surface area contributed by atoms with E-state index in [9.17, 15) is 9.59 Å². The standard InChI is InChI=1S/C13H18N2O4/c1-19-11-4-2-10(3-5-11)8-12(15-9-17)13(18)14-6-7-16/h2-5,9,12,16H,6-8H2,1H3,(H,14,18)(H,15,17)/t12-/m0/s1. The van der Waals surface area contributed by atoms with Gasteiger partial charge in [-0.2, -0.15) is 0 Å². The fourth-order valence-electron chi connectivity index (χ4n) is 1.61. The van der Waals surface area contributed by atoms with Crippen molar-refractivity contribution in [2.45, 2.75) is 12.5 Å². The van der Waals surface area contributed by atoms with Gasteiger partial charge in [-0.05, 0) is 17.7 Å². The molecule has 0 aromatic heterocycles. The predicted molar refractivity (Wildman–Crippen MR) is 69.8 cm³/mol. The van der Waals surface area contributed by atoms with Crippen molar-refractivity contribution in [1.82, 2.24) is 10.6 Å². The number of aliphatic hydroxyl groups is 1. The molecule has 0 heterocycles. The van der Waals surface area contributed by atoms with Gasteiger partial charge >= 0.3 is 0 Å². The second-order valence-corrected chi connectivity index (χ2v) is 3.90. The number of rotatable bonds is 8. The highest BCUT2D eigenvalue weighted by molar-refractivity contribution is 5.83. The summed E-state index contributed by atoms with van der Waals surface area (Å²) >= 11 is 0. The highest BCUT2D eigenvalue weighted by Gasteiger charge is 2.17. The van der Waals surface area contributed by atoms with Crippen molar-refractivity contribution in [3.05, 3.63) is 29.8 Å². The van der Waals surface area contributed by atoms with E-state index in [-0.39, 0.29) is 19.1 Å². The van der Waals surface area contributed by atoms with Crippen molar-refractivity contribution in [3.8, 4) is 5.75 Å². The Kier molecular flexibility index (Phi) is 6.38. The number of nitrogens with one attached hydrogen (secondary N) is 2. The van der Waals surface area contributed by atoms with Crippen LogP contribution in [-0.2, 0) is 16.0 Å². The molecule has 0 aliphatic heterocycles. The SMILES string of the molecule is COc1ccc(C[C@H](NC=O)C(=O)NCCO)cc1. The van der Waals surface area contributed by atoms with Crippen molar-refractivity contribution >= 4 is 12.3 Å². The normalized spacial score (nSPS) is 11.5. The third-order valence-corrected chi connectivity index (χ3v) is 2.60. The lowest BCUT2D eigenvalue weighted by Crippen LogP contribution is -2.45. The molecule has 3 N–H and O–H groups in total. The molecule has 1 rings (SSSR count). The van der Waals surface area contributed by atoms with Crippen LogP contribution in [0.5, 0.6) is 5.75 Å². The van der Waals surface area contributed by atoms with Crippen LogP contribution < -0.4 is 15.4 Å². The van der Waals surface area contributed by atoms with Crippen LogP contribution in [0.2, 0.25) is 0 Å². The Morgan fingerprint density at radius 2 is 2.11 bits per heavy atom. The van der Waals surface area contributed by atoms with E-state index in [1.54, 1.807) is 19.2 Å². The monoisotopic (exact) mass is 266 g/mol. The van der Waals surface area contributed by atoms with E-state index < -0.39 is 6.04 Å². The molecule has 2 amide bonds. The van der Waals surface area contributed by atoms with Crippen LogP contribution in [0.4, 0.5) is 0 Å². The van der Waals surface area contributed by atoms with Gasteiger partial charge in [-0.3, -0.25) is 9.59 Å². The van der Waals surface area contributed by atoms with Gasteiger partial charge in [0.1, 0.15) is 11.8 Å². The van der Waals surface area contributed by atoms with E-state index in [1.807, 2.05) is 12.1 Å². The summed E-state index contributed by atoms with van der Waals surface area (Å²) in [4.78, 5) is 22.3. The van der Waals surface area contributed by atoms with Gasteiger partial charge in [0.25, 0.3) is 0 Å². The fraction of sp³-hybridized carbons (Fsp3) is 0.385. The quantitative estimate of drug-likeness (QED) is 0.551. The van der Waals surface area contributed by atoms with Gasteiger partial charge in [0.05, 0.1) is 13.7 Å². The molecule has 6 nitrogen and oxygen atoms in total. The fourth-order valence-corrected chi connectivity index (χ4v) is 1.61. The minimum Gasteiger partial charge on any atom is -0.497 e. The van der Waals surface area contributed by atoms with Crippen molar-refractivity contribution in [2.75, 3.05) is 20.3 Å². The first kappa shape index (κ1) is 15.0. The third-order valence-electron chi connectivity index (χ3n) is 2.60. The van der Waals surface area contributed by atoms with Crippen molar-refractivity contribution in [3.63, 3.8) is 0 Å². The van der Waals surface area contributed by atoms with Crippen LogP contribution in [-0.4, -0.2) is 43.7 Å². The molecular formula is C13H18N2O4. The van der Waals surface area contributed by atoms with Crippen molar-refractivity contribution < 1.29 is 19.4 Å². The number of benzene rings is 1. The molecule has 6 heteroatoms. The summed E-state index contributed by atoms with van der Waals surface area (Å²) in [5, 5.41) is 13.6. The number of amides is 2. The molecule has 19 heavy (non-hydrogen) atoms. The average molecular weight is 266 g/mol. The van der Waals surface area contributed by atoms with Gasteiger partial charge in [0.2, 0.25) is 12.3 Å². The number of carbonyl (C=O) groups excluding carboxylic acids is 2. The molecule has 1 aromatic rings. The summed E-state index contributed by atoms with van der Waals surface area (Å²) in [6.07, 6.45) is 0.868. The van der Waals surface area contributed by atoms with Gasteiger partial charge in [0.15, 0.2) is 0 Å². The highest BCUT2D eigenvalue weighted by Crippen LogP contribution is 2.12. The summed E-state index contributed by atoms with van der Waals surface area (Å²) < 4.78 is 5.04. The van der Waals surface area contributed by atoms with Crippen LogP contribution in [0, 0.1) is 0 Å². The number of hydrogen-bond acceptors (Lipinski definition) is 4. The minimum absolute atomic E-state index is 0.137. The molecule has 0 radical (unpaired) electrons. The second-order valence-electron chi connectivity index (χ2n) is 3.90. The molecule has 0 aliphatic rings. The maximum absolute atomic E-state index is 11.8. The van der Waals surface area contributed by atoms with Gasteiger partial charge in [0, 0.05) is 13.0 Å². The summed E-state index contributed by atoms with van der Waals surface area (Å²) in [6, 6.07) is 6.59. The topological polar surface area (TPSA) is 87.7 Å². The first-order chi connectivity index (χ1) is 9.21. The van der Waals surface area contributed by atoms with Crippen LogP contribution in [0.15, 0.2) is 24.3 Å². The van der Waals surface area contributed by atoms with Crippen LogP contribution in [0.1, 0.15) is 5.56 Å². The largest absolute Gasteiger partial charge is 0.497 e. The zero-order valence-electron chi connectivity index (χ0n) is 10.8. The zero-order valence-corrected chi connectivity index (χ0v) is 10.8. The molecule has 0 unspecified atom stereocenters. The van der Waals surface area contributed by atoms with E-state index in [1.165, 1.54) is 0 Å². The molecule has 0 aliphatic carbocycles. The minimum atomic E-state index is -0.655. The summed E-state index contributed by atoms with van der Waals surface area (Å²) in [7, 11) is 1.58. The summed E-state index contributed by atoms with van der Waals surface area (Å²) in [6.45, 7) is 0.0283. The maximum atomic E-state index is 11.8. The third kappa shape index (κ3) is 4.97. The van der Waals surface area contributed by atoms with Crippen molar-refractivity contribution in [2.24, 2.45) is 0 Å². The van der Waals surface area contributed by atoms with E-state index in [0.29, 0.717) is 12.8 Å². The first-order valence-electron chi connectivity index (χ1n) is 5.92. The Bertz CT molecular complexity index is 406. The van der Waals surface area contributed by atoms with E-state index >= 15 is 0 Å². The zero-order chi connectivity index (χ0) is 14.1. The molecule has 0 saturated carbocycles.